The zero-order valence-electron chi connectivity index (χ0n) is 57.9. The third-order valence-corrected chi connectivity index (χ3v) is 25.8. The number of urea groups is 2. The van der Waals surface area contributed by atoms with Crippen molar-refractivity contribution in [2.75, 3.05) is 76.6 Å². The van der Waals surface area contributed by atoms with E-state index in [9.17, 15) is 60.1 Å². The van der Waals surface area contributed by atoms with E-state index in [0.29, 0.717) is 40.9 Å². The third-order valence-electron chi connectivity index (χ3n) is 14.0. The van der Waals surface area contributed by atoms with Crippen molar-refractivity contribution < 1.29 is 75.3 Å². The number of aliphatic imine (C=N–C) groups is 2. The van der Waals surface area contributed by atoms with Crippen molar-refractivity contribution in [2.24, 2.45) is 21.5 Å². The van der Waals surface area contributed by atoms with Gasteiger partial charge < -0.3 is 38.7 Å². The lowest BCUT2D eigenvalue weighted by atomic mass is 10.1. The average molecular weight is 1820 g/mol. The first-order chi connectivity index (χ1) is 49.8. The number of hydrogen-bond donors (Lipinski definition) is 11. The molecule has 0 saturated carbocycles. The Hall–Kier alpha value is -6.23. The van der Waals surface area contributed by atoms with Crippen LogP contribution >= 0.6 is 116 Å². The van der Waals surface area contributed by atoms with Crippen molar-refractivity contribution in [1.82, 2.24) is 44.5 Å². The maximum atomic E-state index is 11.8. The van der Waals surface area contributed by atoms with Crippen molar-refractivity contribution in [3.05, 3.63) is 215 Å². The van der Waals surface area contributed by atoms with Gasteiger partial charge in [-0.3, -0.25) is 20.4 Å². The van der Waals surface area contributed by atoms with Gasteiger partial charge >= 0.3 is 12.1 Å². The average Bonchev–Trinajstić information content (AvgIpc) is 0.816. The quantitative estimate of drug-likeness (QED) is 0.0177. The fourth-order valence-corrected chi connectivity index (χ4v) is 17.1. The van der Waals surface area contributed by atoms with Crippen LogP contribution < -0.4 is 43.0 Å². The van der Waals surface area contributed by atoms with Gasteiger partial charge in [0.2, 0.25) is 56.1 Å². The van der Waals surface area contributed by atoms with Crippen molar-refractivity contribution in [1.29, 1.82) is 5.41 Å². The number of aliphatic hydroxyl groups excluding tert-OH is 1. The maximum absolute atomic E-state index is 11.8. The summed E-state index contributed by atoms with van der Waals surface area (Å²) in [5.74, 6) is -0.413. The van der Waals surface area contributed by atoms with Crippen LogP contribution in [0.1, 0.15) is 63.6 Å². The summed E-state index contributed by atoms with van der Waals surface area (Å²) >= 11 is 42.0. The number of sulfonamides is 5. The molecule has 6 aromatic carbocycles. The molecule has 3 saturated heterocycles. The number of carbonyl (C=O) groups is 2. The van der Waals surface area contributed by atoms with Crippen LogP contribution in [0.4, 0.5) is 9.59 Å². The minimum atomic E-state index is -3.57. The second-order valence-electron chi connectivity index (χ2n) is 21.5. The normalized spacial score (nSPS) is 20.1. The van der Waals surface area contributed by atoms with E-state index in [-0.39, 0.29) is 63.2 Å². The number of carbonyl (C=O) groups excluding carboxylic acids is 2. The molecule has 5 aliphatic heterocycles. The van der Waals surface area contributed by atoms with Crippen LogP contribution in [0.5, 0.6) is 0 Å². The molecule has 0 bridgehead atoms. The summed E-state index contributed by atoms with van der Waals surface area (Å²) in [5.41, 5.74) is 15.1. The summed E-state index contributed by atoms with van der Waals surface area (Å²) in [6.07, 6.45) is 4.95. The molecule has 5 aliphatic rings. The first-order valence-electron chi connectivity index (χ1n) is 29.8. The highest BCUT2D eigenvalue weighted by atomic mass is 35.7. The lowest BCUT2D eigenvalue weighted by Crippen LogP contribution is -2.51. The lowest BCUT2D eigenvalue weighted by Gasteiger charge is -2.32. The minimum absolute atomic E-state index is 0. The Morgan fingerprint density at radius 2 is 0.880 bits per heavy atom. The molecule has 6 aromatic rings. The van der Waals surface area contributed by atoms with Crippen LogP contribution in [0, 0.1) is 5.41 Å². The summed E-state index contributed by atoms with van der Waals surface area (Å²) in [5, 5.41) is 34.0. The third kappa shape index (κ3) is 34.2. The molecule has 596 valence electrons. The van der Waals surface area contributed by atoms with E-state index >= 15 is 0 Å². The Bertz CT molecular complexity index is 4620. The van der Waals surface area contributed by atoms with Gasteiger partial charge in [-0.25, -0.2) is 87.6 Å². The number of benzene rings is 6. The molecule has 0 aliphatic carbocycles. The molecule has 0 aromatic heterocycles. The SMILES string of the molecule is CN1C(=O)NC(c2ccc(Cl)cc2)CS1(=O)=O.CN1C(=S)NC(c2ccc(Cl)cc2)CS1(=O)=O.CN1C(N)=NC(c2ccc(Cl)cc2)CS1(=O)=O.CO.COO.CSC(=N)N.CSC1=NC(c2ccc(Cl)cc2)CS(=O)(=O)N1.N.O=C1NC(c2ccc(Cl)cc2)CS(=O)(=O)N1.O=S(=O)(Cl)/C=C/c1ccc(Cl)cc1. The van der Waals surface area contributed by atoms with E-state index in [2.05, 4.69) is 35.5 Å². The number of aliphatic hydroxyl groups is 1. The number of thiocarbonyl (C=S) groups is 1. The summed E-state index contributed by atoms with van der Waals surface area (Å²) < 4.78 is 145. The molecule has 47 heteroatoms. The number of rotatable bonds is 7. The number of guanidine groups is 1. The van der Waals surface area contributed by atoms with Gasteiger partial charge in [-0.05, 0) is 137 Å². The second-order valence-corrected chi connectivity index (χ2v) is 38.4. The molecule has 11 rings (SSSR count). The van der Waals surface area contributed by atoms with Crippen LogP contribution in [0.25, 0.3) is 6.08 Å². The molecule has 0 radical (unpaired) electrons. The number of hydrogen-bond acceptors (Lipinski definition) is 25. The Kier molecular flexibility index (Phi) is 41.1. The highest BCUT2D eigenvalue weighted by molar-refractivity contribution is 8.16. The van der Waals surface area contributed by atoms with Crippen LogP contribution in [-0.2, 0) is 64.1 Å². The first-order valence-corrected chi connectivity index (χ1v) is 45.4. The van der Waals surface area contributed by atoms with E-state index < -0.39 is 89.4 Å². The Morgan fingerprint density at radius 3 is 1.21 bits per heavy atom. The van der Waals surface area contributed by atoms with Crippen LogP contribution in [0.15, 0.2) is 161 Å². The lowest BCUT2D eigenvalue weighted by molar-refractivity contribution is -0.214. The molecule has 15 N–H and O–H groups in total. The van der Waals surface area contributed by atoms with Gasteiger partial charge in [0.25, 0.3) is 9.05 Å². The number of thioether (sulfide) groups is 2. The largest absolute Gasteiger partial charge is 0.400 e. The Balaban J connectivity index is 0.000000429. The minimum Gasteiger partial charge on any atom is -0.400 e. The van der Waals surface area contributed by atoms with Crippen molar-refractivity contribution in [2.45, 2.75) is 30.2 Å². The molecule has 31 nitrogen and oxygen atoms in total. The van der Waals surface area contributed by atoms with E-state index in [4.69, 9.17) is 120 Å². The van der Waals surface area contributed by atoms with Crippen LogP contribution in [0.3, 0.4) is 0 Å². The predicted molar refractivity (Wildman–Crippen MR) is 438 cm³/mol. The number of nitrogens with zero attached hydrogens (tertiary/aromatic N) is 5. The van der Waals surface area contributed by atoms with Gasteiger partial charge in [0.15, 0.2) is 15.4 Å². The summed E-state index contributed by atoms with van der Waals surface area (Å²) in [7, 11) is -9.38. The van der Waals surface area contributed by atoms with Gasteiger partial charge in [0.1, 0.15) is 0 Å². The van der Waals surface area contributed by atoms with Gasteiger partial charge in [-0.1, -0.05) is 166 Å². The Morgan fingerprint density at radius 1 is 0.556 bits per heavy atom. The summed E-state index contributed by atoms with van der Waals surface area (Å²) in [4.78, 5) is 34.3. The molecule has 5 unspecified atom stereocenters. The van der Waals surface area contributed by atoms with Crippen LogP contribution in [0.2, 0.25) is 30.1 Å². The second kappa shape index (κ2) is 45.3. The van der Waals surface area contributed by atoms with Gasteiger partial charge in [-0.2, -0.15) is 0 Å². The van der Waals surface area contributed by atoms with E-state index in [1.165, 1.54) is 57.9 Å². The zero-order chi connectivity index (χ0) is 81.0. The van der Waals surface area contributed by atoms with Crippen molar-refractivity contribution >= 4 is 215 Å². The molecule has 108 heavy (non-hydrogen) atoms. The molecular weight excluding hydrogens is 1740 g/mol. The van der Waals surface area contributed by atoms with Gasteiger partial charge in [0.05, 0.1) is 66.1 Å². The molecule has 5 atom stereocenters. The molecule has 0 spiro atoms. The monoisotopic (exact) mass is 1810 g/mol. The van der Waals surface area contributed by atoms with E-state index in [0.717, 1.165) is 53.3 Å². The summed E-state index contributed by atoms with van der Waals surface area (Å²) in [6, 6.07) is 37.6. The van der Waals surface area contributed by atoms with Crippen LogP contribution in [-0.4, -0.2) is 184 Å². The molecule has 5 heterocycles. The van der Waals surface area contributed by atoms with Crippen molar-refractivity contribution in [3.63, 3.8) is 0 Å². The smallest absolute Gasteiger partial charge is 0.331 e. The topological polar surface area (TPSA) is 494 Å². The maximum Gasteiger partial charge on any atom is 0.331 e. The fourth-order valence-electron chi connectivity index (χ4n) is 8.58. The number of amidine groups is 2. The van der Waals surface area contributed by atoms with Gasteiger partial charge in [0, 0.05) is 74.5 Å². The fraction of sp³-hybridized carbons (Fsp3) is 0.279. The van der Waals surface area contributed by atoms with E-state index in [1.54, 1.807) is 158 Å². The molecular formula is C61H77Cl7N14O17S9. The zero-order valence-corrected chi connectivity index (χ0v) is 70.5. The number of halogens is 7. The standard InChI is InChI=1S/C10H12ClN3O2S.C10H11ClN2O3S.2C10H11ClN2O2S2.C9H9ClN2O3S.C8H6Cl2O2S.C2H6N2S.CH4O2.CH4O.H3N/c1-14-10(12)13-9(6-17(14,15)16)7-2-4-8(11)5-3-7;1-13-10(14)12-9(6-17(13,15)16)7-2-4-8(11)5-3-7;1-16-10-12-9(6-17(14,15)13-10)7-2-4-8(11)5-3-7;1-13-10(16)12-9(6-17(13,14)15)7-2-4-8(11)5-3-7;10-7-3-1-6(2-4-7)8-5-16(14,15)12-9(13)11-8;9-8-3-1-7(2-4-8)5-6-13(10,11)12;1-5-2(3)4;1-3-2;1-2;/h2-5,9H,6H2,1H3,(H2,12,13);2-5,9H,6H2,1H3,(H,12,14);2-5,9H,6H2,1H3,(H,12,13);2-5,9H,6H2,1H3,(H,12,16);1-4,8H,5H2,(H2,11,12,13);1-6H;1H3,(H3,3,4);2H,1H3;2H,1H3;1H3/b;;;;;6-5+;;;;. The number of nitrogens with one attached hydrogen (secondary N) is 6. The molecule has 3 fully saturated rings. The highest BCUT2D eigenvalue weighted by Crippen LogP contribution is 2.29. The number of nitrogens with two attached hydrogens (primary N) is 2. The molecule has 4 amide bonds. The Labute approximate surface area is 676 Å². The van der Waals surface area contributed by atoms with Crippen molar-refractivity contribution in [3.8, 4) is 0 Å². The summed E-state index contributed by atoms with van der Waals surface area (Å²) in [6.45, 7) is 0. The predicted octanol–water partition coefficient (Wildman–Crippen LogP) is 9.92. The van der Waals surface area contributed by atoms with E-state index in [1.807, 2.05) is 4.72 Å². The first kappa shape index (κ1) is 97.8. The highest BCUT2D eigenvalue weighted by Gasteiger charge is 2.37. The van der Waals surface area contributed by atoms with Gasteiger partial charge in [-0.15, -0.1) is 0 Å². The number of amides is 4.